The summed E-state index contributed by atoms with van der Waals surface area (Å²) in [6.07, 6.45) is -3.93. The summed E-state index contributed by atoms with van der Waals surface area (Å²) in [5.41, 5.74) is 0.871. The molecule has 0 saturated carbocycles. The smallest absolute Gasteiger partial charge is 0.401 e. The van der Waals surface area contributed by atoms with Crippen LogP contribution >= 0.6 is 12.4 Å². The number of benzene rings is 1. The van der Waals surface area contributed by atoms with Crippen LogP contribution in [0.3, 0.4) is 0 Å². The topological polar surface area (TPSA) is 32.8 Å². The third-order valence-electron chi connectivity index (χ3n) is 3.72. The van der Waals surface area contributed by atoms with Crippen LogP contribution in [0.5, 0.6) is 5.75 Å². The first kappa shape index (κ1) is 20.6. The van der Waals surface area contributed by atoms with Crippen molar-refractivity contribution < 1.29 is 22.7 Å². The number of hydrogen-bond donors (Lipinski definition) is 0. The van der Waals surface area contributed by atoms with E-state index in [1.54, 1.807) is 4.90 Å². The number of rotatable bonds is 5. The van der Waals surface area contributed by atoms with Crippen LogP contribution in [-0.2, 0) is 11.2 Å². The van der Waals surface area contributed by atoms with Crippen molar-refractivity contribution in [2.45, 2.75) is 19.5 Å². The molecule has 1 fully saturated rings. The first-order chi connectivity index (χ1) is 10.9. The zero-order valence-corrected chi connectivity index (χ0v) is 14.3. The summed E-state index contributed by atoms with van der Waals surface area (Å²) < 4.78 is 42.4. The fraction of sp³-hybridized carbons (Fsp3) is 0.562. The minimum atomic E-state index is -4.19. The normalized spacial score (nSPS) is 15.8. The van der Waals surface area contributed by atoms with E-state index >= 15 is 0 Å². The molecule has 0 aliphatic carbocycles. The second-order valence-electron chi connectivity index (χ2n) is 5.53. The highest BCUT2D eigenvalue weighted by atomic mass is 35.5. The second kappa shape index (κ2) is 9.13. The second-order valence-corrected chi connectivity index (χ2v) is 5.53. The van der Waals surface area contributed by atoms with Gasteiger partial charge in [0.15, 0.2) is 0 Å². The molecule has 1 aromatic carbocycles. The van der Waals surface area contributed by atoms with Crippen molar-refractivity contribution in [2.24, 2.45) is 0 Å². The quantitative estimate of drug-likeness (QED) is 0.803. The van der Waals surface area contributed by atoms with Crippen LogP contribution < -0.4 is 4.74 Å². The molecule has 1 aliphatic rings. The largest absolute Gasteiger partial charge is 0.494 e. The third-order valence-corrected chi connectivity index (χ3v) is 3.72. The first-order valence-electron chi connectivity index (χ1n) is 7.66. The molecule has 0 radical (unpaired) electrons. The monoisotopic (exact) mass is 366 g/mol. The molecule has 1 aromatic rings. The molecule has 2 rings (SSSR count). The van der Waals surface area contributed by atoms with Gasteiger partial charge in [-0.3, -0.25) is 9.69 Å². The summed E-state index contributed by atoms with van der Waals surface area (Å²) in [6, 6.07) is 7.30. The van der Waals surface area contributed by atoms with Gasteiger partial charge in [-0.25, -0.2) is 0 Å². The van der Waals surface area contributed by atoms with Crippen molar-refractivity contribution in [1.29, 1.82) is 0 Å². The number of carbonyl (C=O) groups is 1. The van der Waals surface area contributed by atoms with E-state index in [0.29, 0.717) is 19.7 Å². The Morgan fingerprint density at radius 1 is 1.12 bits per heavy atom. The van der Waals surface area contributed by atoms with Gasteiger partial charge in [0.05, 0.1) is 19.6 Å². The van der Waals surface area contributed by atoms with Crippen molar-refractivity contribution in [1.82, 2.24) is 9.80 Å². The van der Waals surface area contributed by atoms with E-state index in [2.05, 4.69) is 0 Å². The maximum Gasteiger partial charge on any atom is 0.401 e. The number of piperazine rings is 1. The third kappa shape index (κ3) is 6.57. The molecule has 0 unspecified atom stereocenters. The molecule has 0 N–H and O–H groups in total. The summed E-state index contributed by atoms with van der Waals surface area (Å²) in [7, 11) is 0. The van der Waals surface area contributed by atoms with Crippen LogP contribution in [-0.4, -0.2) is 61.2 Å². The molecule has 0 aromatic heterocycles. The number of halogens is 4. The van der Waals surface area contributed by atoms with Gasteiger partial charge >= 0.3 is 6.18 Å². The fourth-order valence-electron chi connectivity index (χ4n) is 2.57. The van der Waals surface area contributed by atoms with Crippen molar-refractivity contribution in [3.63, 3.8) is 0 Å². The summed E-state index contributed by atoms with van der Waals surface area (Å²) >= 11 is 0. The lowest BCUT2D eigenvalue weighted by Gasteiger charge is -2.35. The average molecular weight is 367 g/mol. The van der Waals surface area contributed by atoms with Gasteiger partial charge in [-0.2, -0.15) is 13.2 Å². The van der Waals surface area contributed by atoms with E-state index in [-0.39, 0.29) is 37.8 Å². The van der Waals surface area contributed by atoms with E-state index in [0.717, 1.165) is 11.3 Å². The maximum absolute atomic E-state index is 12.3. The Bertz CT molecular complexity index is 515. The average Bonchev–Trinajstić information content (AvgIpc) is 2.48. The van der Waals surface area contributed by atoms with Crippen LogP contribution in [0.15, 0.2) is 24.3 Å². The number of nitrogens with zero attached hydrogens (tertiary/aromatic N) is 2. The summed E-state index contributed by atoms with van der Waals surface area (Å²) in [5, 5.41) is 0. The Kier molecular flexibility index (Phi) is 7.83. The molecule has 1 saturated heterocycles. The van der Waals surface area contributed by atoms with Crippen LogP contribution in [0.25, 0.3) is 0 Å². The number of amides is 1. The van der Waals surface area contributed by atoms with E-state index in [4.69, 9.17) is 4.74 Å². The minimum Gasteiger partial charge on any atom is -0.494 e. The highest BCUT2D eigenvalue weighted by molar-refractivity contribution is 5.85. The van der Waals surface area contributed by atoms with Gasteiger partial charge in [0.25, 0.3) is 0 Å². The number of ether oxygens (including phenoxy) is 1. The van der Waals surface area contributed by atoms with E-state index in [1.807, 2.05) is 31.2 Å². The molecule has 0 atom stereocenters. The Hall–Kier alpha value is -1.47. The van der Waals surface area contributed by atoms with Gasteiger partial charge in [-0.15, -0.1) is 12.4 Å². The van der Waals surface area contributed by atoms with Gasteiger partial charge in [0.2, 0.25) is 5.91 Å². The lowest BCUT2D eigenvalue weighted by molar-refractivity contribution is -0.151. The Morgan fingerprint density at radius 3 is 2.21 bits per heavy atom. The minimum absolute atomic E-state index is 0. The van der Waals surface area contributed by atoms with Crippen LogP contribution in [0.1, 0.15) is 12.5 Å². The first-order valence-corrected chi connectivity index (χ1v) is 7.66. The van der Waals surface area contributed by atoms with Crippen LogP contribution in [0.4, 0.5) is 13.2 Å². The predicted octanol–water partition coefficient (Wildman–Crippen LogP) is 2.76. The summed E-state index contributed by atoms with van der Waals surface area (Å²) in [5.74, 6) is 0.699. The van der Waals surface area contributed by atoms with Crippen molar-refractivity contribution in [3.05, 3.63) is 29.8 Å². The highest BCUT2D eigenvalue weighted by Crippen LogP contribution is 2.18. The molecule has 1 amide bonds. The Morgan fingerprint density at radius 2 is 1.71 bits per heavy atom. The summed E-state index contributed by atoms with van der Waals surface area (Å²) in [6.45, 7) is 2.77. The van der Waals surface area contributed by atoms with Gasteiger partial charge in [0.1, 0.15) is 5.75 Å². The molecule has 0 bridgehead atoms. The van der Waals surface area contributed by atoms with E-state index < -0.39 is 12.7 Å². The molecular weight excluding hydrogens is 345 g/mol. The zero-order valence-electron chi connectivity index (χ0n) is 13.5. The molecular formula is C16H22ClF3N2O2. The maximum atomic E-state index is 12.3. The van der Waals surface area contributed by atoms with Crippen molar-refractivity contribution >= 4 is 18.3 Å². The lowest BCUT2D eigenvalue weighted by atomic mass is 10.1. The summed E-state index contributed by atoms with van der Waals surface area (Å²) in [4.78, 5) is 15.2. The predicted molar refractivity (Wildman–Crippen MR) is 87.6 cm³/mol. The number of carbonyl (C=O) groups excluding carboxylic acids is 1. The molecule has 8 heteroatoms. The van der Waals surface area contributed by atoms with Gasteiger partial charge in [-0.05, 0) is 24.6 Å². The standard InChI is InChI=1S/C16H21F3N2O2.ClH/c1-2-23-14-5-3-13(4-6-14)11-15(22)21-9-7-20(8-10-21)12-16(17,18)19;/h3-6H,2,7-12H2,1H3;1H. The van der Waals surface area contributed by atoms with Crippen molar-refractivity contribution in [3.8, 4) is 5.75 Å². The van der Waals surface area contributed by atoms with Crippen LogP contribution in [0, 0.1) is 0 Å². The molecule has 0 spiro atoms. The van der Waals surface area contributed by atoms with E-state index in [9.17, 15) is 18.0 Å². The van der Waals surface area contributed by atoms with Crippen LogP contribution in [0.2, 0.25) is 0 Å². The molecule has 1 heterocycles. The Balaban J connectivity index is 0.00000288. The molecule has 24 heavy (non-hydrogen) atoms. The number of alkyl halides is 3. The molecule has 1 aliphatic heterocycles. The molecule has 4 nitrogen and oxygen atoms in total. The van der Waals surface area contributed by atoms with Crippen molar-refractivity contribution in [2.75, 3.05) is 39.3 Å². The lowest BCUT2D eigenvalue weighted by Crippen LogP contribution is -2.51. The Labute approximate surface area is 146 Å². The van der Waals surface area contributed by atoms with Gasteiger partial charge in [0, 0.05) is 26.2 Å². The van der Waals surface area contributed by atoms with Gasteiger partial charge < -0.3 is 9.64 Å². The zero-order chi connectivity index (χ0) is 16.9. The number of hydrogen-bond acceptors (Lipinski definition) is 3. The molecule has 136 valence electrons. The van der Waals surface area contributed by atoms with E-state index in [1.165, 1.54) is 4.90 Å². The fourth-order valence-corrected chi connectivity index (χ4v) is 2.57. The van der Waals surface area contributed by atoms with Gasteiger partial charge in [-0.1, -0.05) is 12.1 Å². The SMILES string of the molecule is CCOc1ccc(CC(=O)N2CCN(CC(F)(F)F)CC2)cc1.Cl. The highest BCUT2D eigenvalue weighted by Gasteiger charge is 2.32.